The first-order chi connectivity index (χ1) is 18.4. The molecule has 2 aromatic carbocycles. The SMILES string of the molecule is COCCN(CC(=O)N(CCc1ccc(OC)c(OC)c1)Cc1sccc1C)C(=O)c1ccc(OC)cc1. The highest BCUT2D eigenvalue weighted by molar-refractivity contribution is 7.10. The predicted octanol–water partition coefficient (Wildman–Crippen LogP) is 4.44. The molecule has 9 heteroatoms. The lowest BCUT2D eigenvalue weighted by molar-refractivity contribution is -0.132. The summed E-state index contributed by atoms with van der Waals surface area (Å²) in [6.07, 6.45) is 0.626. The number of hydrogen-bond donors (Lipinski definition) is 0. The molecule has 0 aliphatic carbocycles. The Morgan fingerprint density at radius 3 is 2.18 bits per heavy atom. The van der Waals surface area contributed by atoms with Crippen molar-refractivity contribution in [3.05, 3.63) is 75.5 Å². The lowest BCUT2D eigenvalue weighted by Crippen LogP contribution is -2.44. The number of rotatable bonds is 14. The standard InChI is InChI=1S/C29H36N2O6S/c1-21-13-17-38-27(21)19-30(14-12-22-6-11-25(36-4)26(18-22)37-5)28(32)20-31(15-16-34-2)29(33)23-7-9-24(35-3)10-8-23/h6-11,13,17-18H,12,14-16,19-20H2,1-5H3. The number of carbonyl (C=O) groups excluding carboxylic acids is 2. The first-order valence-electron chi connectivity index (χ1n) is 12.3. The molecule has 3 aromatic rings. The lowest BCUT2D eigenvalue weighted by Gasteiger charge is -2.28. The van der Waals surface area contributed by atoms with Gasteiger partial charge in [-0.3, -0.25) is 9.59 Å². The van der Waals surface area contributed by atoms with Gasteiger partial charge in [-0.1, -0.05) is 6.07 Å². The van der Waals surface area contributed by atoms with E-state index in [9.17, 15) is 9.59 Å². The number of ether oxygens (including phenoxy) is 4. The van der Waals surface area contributed by atoms with Gasteiger partial charge in [0.05, 0.1) is 34.5 Å². The van der Waals surface area contributed by atoms with Crippen LogP contribution >= 0.6 is 11.3 Å². The van der Waals surface area contributed by atoms with Crippen molar-refractivity contribution in [1.29, 1.82) is 0 Å². The van der Waals surface area contributed by atoms with Crippen molar-refractivity contribution in [3.8, 4) is 17.2 Å². The van der Waals surface area contributed by atoms with E-state index >= 15 is 0 Å². The van der Waals surface area contributed by atoms with Gasteiger partial charge in [-0.2, -0.15) is 0 Å². The van der Waals surface area contributed by atoms with Gasteiger partial charge in [0.25, 0.3) is 5.91 Å². The van der Waals surface area contributed by atoms with E-state index in [0.717, 1.165) is 16.0 Å². The number of aryl methyl sites for hydroxylation is 1. The molecule has 0 unspecified atom stereocenters. The number of benzene rings is 2. The van der Waals surface area contributed by atoms with Crippen molar-refractivity contribution >= 4 is 23.2 Å². The summed E-state index contributed by atoms with van der Waals surface area (Å²) >= 11 is 1.62. The van der Waals surface area contributed by atoms with E-state index in [-0.39, 0.29) is 18.4 Å². The van der Waals surface area contributed by atoms with Crippen LogP contribution in [0.15, 0.2) is 53.9 Å². The fourth-order valence-electron chi connectivity index (χ4n) is 3.96. The van der Waals surface area contributed by atoms with Gasteiger partial charge in [0.1, 0.15) is 12.3 Å². The molecule has 0 N–H and O–H groups in total. The highest BCUT2D eigenvalue weighted by Gasteiger charge is 2.23. The Labute approximate surface area is 228 Å². The van der Waals surface area contributed by atoms with Crippen LogP contribution in [0.1, 0.15) is 26.4 Å². The summed E-state index contributed by atoms with van der Waals surface area (Å²) in [5.74, 6) is 1.60. The van der Waals surface area contributed by atoms with Crippen LogP contribution in [-0.2, 0) is 22.5 Å². The van der Waals surface area contributed by atoms with Crippen molar-refractivity contribution in [2.24, 2.45) is 0 Å². The molecular formula is C29H36N2O6S. The second-order valence-corrected chi connectivity index (χ2v) is 9.73. The van der Waals surface area contributed by atoms with E-state index in [1.54, 1.807) is 68.9 Å². The fraction of sp³-hybridized carbons (Fsp3) is 0.379. The van der Waals surface area contributed by atoms with Crippen molar-refractivity contribution < 1.29 is 28.5 Å². The molecular weight excluding hydrogens is 504 g/mol. The zero-order valence-corrected chi connectivity index (χ0v) is 23.5. The number of nitrogens with zero attached hydrogens (tertiary/aromatic N) is 2. The molecule has 0 aliphatic rings. The molecule has 2 amide bonds. The first kappa shape index (κ1) is 29.0. The summed E-state index contributed by atoms with van der Waals surface area (Å²) < 4.78 is 21.2. The van der Waals surface area contributed by atoms with Gasteiger partial charge < -0.3 is 28.7 Å². The average molecular weight is 541 g/mol. The Morgan fingerprint density at radius 1 is 0.842 bits per heavy atom. The Morgan fingerprint density at radius 2 is 1.58 bits per heavy atom. The first-order valence-corrected chi connectivity index (χ1v) is 13.2. The molecule has 38 heavy (non-hydrogen) atoms. The number of thiophene rings is 1. The minimum absolute atomic E-state index is 0.0510. The molecule has 204 valence electrons. The number of amides is 2. The second kappa shape index (κ2) is 14.4. The van der Waals surface area contributed by atoms with Crippen LogP contribution in [0.2, 0.25) is 0 Å². The summed E-state index contributed by atoms with van der Waals surface area (Å²) in [6.45, 7) is 3.58. The highest BCUT2D eigenvalue weighted by atomic mass is 32.1. The van der Waals surface area contributed by atoms with Crippen molar-refractivity contribution in [1.82, 2.24) is 9.80 Å². The van der Waals surface area contributed by atoms with Gasteiger partial charge in [-0.15, -0.1) is 11.3 Å². The van der Waals surface area contributed by atoms with Gasteiger partial charge in [0, 0.05) is 30.6 Å². The lowest BCUT2D eigenvalue weighted by atomic mass is 10.1. The number of hydrogen-bond acceptors (Lipinski definition) is 7. The molecule has 1 heterocycles. The van der Waals surface area contributed by atoms with Crippen LogP contribution in [0.25, 0.3) is 0 Å². The van der Waals surface area contributed by atoms with E-state index < -0.39 is 0 Å². The highest BCUT2D eigenvalue weighted by Crippen LogP contribution is 2.28. The van der Waals surface area contributed by atoms with Gasteiger partial charge in [-0.25, -0.2) is 0 Å². The zero-order valence-electron chi connectivity index (χ0n) is 22.7. The molecule has 0 saturated heterocycles. The van der Waals surface area contributed by atoms with Crippen LogP contribution in [0.5, 0.6) is 17.2 Å². The van der Waals surface area contributed by atoms with Gasteiger partial charge >= 0.3 is 0 Å². The quantitative estimate of drug-likeness (QED) is 0.301. The molecule has 0 aliphatic heterocycles. The van der Waals surface area contributed by atoms with Crippen LogP contribution < -0.4 is 14.2 Å². The molecule has 0 spiro atoms. The van der Waals surface area contributed by atoms with E-state index in [2.05, 4.69) is 6.07 Å². The van der Waals surface area contributed by atoms with Gasteiger partial charge in [0.15, 0.2) is 11.5 Å². The third-order valence-electron chi connectivity index (χ3n) is 6.29. The number of methoxy groups -OCH3 is 4. The van der Waals surface area contributed by atoms with Crippen LogP contribution in [0.3, 0.4) is 0 Å². The maximum Gasteiger partial charge on any atom is 0.254 e. The van der Waals surface area contributed by atoms with Gasteiger partial charge in [0.2, 0.25) is 5.91 Å². The Balaban J connectivity index is 1.79. The van der Waals surface area contributed by atoms with E-state index in [4.69, 9.17) is 18.9 Å². The van der Waals surface area contributed by atoms with Crippen molar-refractivity contribution in [3.63, 3.8) is 0 Å². The summed E-state index contributed by atoms with van der Waals surface area (Å²) in [7, 11) is 6.36. The minimum Gasteiger partial charge on any atom is -0.497 e. The molecule has 0 saturated carbocycles. The third-order valence-corrected chi connectivity index (χ3v) is 7.30. The second-order valence-electron chi connectivity index (χ2n) is 8.73. The van der Waals surface area contributed by atoms with E-state index in [0.29, 0.717) is 55.5 Å². The molecule has 8 nitrogen and oxygen atoms in total. The largest absolute Gasteiger partial charge is 0.497 e. The maximum absolute atomic E-state index is 13.7. The Bertz CT molecular complexity index is 1190. The molecule has 1 aromatic heterocycles. The summed E-state index contributed by atoms with van der Waals surface area (Å²) in [5.41, 5.74) is 2.65. The number of carbonyl (C=O) groups is 2. The fourth-order valence-corrected chi connectivity index (χ4v) is 4.89. The van der Waals surface area contributed by atoms with Crippen LogP contribution in [-0.4, -0.2) is 76.3 Å². The topological polar surface area (TPSA) is 77.5 Å². The van der Waals surface area contributed by atoms with Crippen molar-refractivity contribution in [2.45, 2.75) is 19.9 Å². The predicted molar refractivity (Wildman–Crippen MR) is 148 cm³/mol. The van der Waals surface area contributed by atoms with E-state index in [1.165, 1.54) is 0 Å². The molecule has 0 atom stereocenters. The van der Waals surface area contributed by atoms with Crippen LogP contribution in [0.4, 0.5) is 0 Å². The Kier molecular flexibility index (Phi) is 11.0. The van der Waals surface area contributed by atoms with Crippen molar-refractivity contribution in [2.75, 3.05) is 54.7 Å². The molecule has 0 radical (unpaired) electrons. The summed E-state index contributed by atoms with van der Waals surface area (Å²) in [4.78, 5) is 31.5. The summed E-state index contributed by atoms with van der Waals surface area (Å²) in [6, 6.07) is 14.7. The molecule has 0 fully saturated rings. The monoisotopic (exact) mass is 540 g/mol. The van der Waals surface area contributed by atoms with E-state index in [1.807, 2.05) is 35.4 Å². The van der Waals surface area contributed by atoms with Gasteiger partial charge in [-0.05, 0) is 72.3 Å². The summed E-state index contributed by atoms with van der Waals surface area (Å²) in [5, 5.41) is 2.03. The smallest absolute Gasteiger partial charge is 0.254 e. The third kappa shape index (κ3) is 7.72. The van der Waals surface area contributed by atoms with Crippen LogP contribution in [0, 0.1) is 6.92 Å². The Hall–Kier alpha value is -3.56. The normalized spacial score (nSPS) is 10.7. The maximum atomic E-state index is 13.7. The average Bonchev–Trinajstić information content (AvgIpc) is 3.36. The molecule has 0 bridgehead atoms. The zero-order chi connectivity index (χ0) is 27.5. The minimum atomic E-state index is -0.231. The molecule has 3 rings (SSSR count).